The SMILES string of the molecule is CCc1ccc(C2CN(C(=O)NCc3cc(C)no3)CCO2)cc1. The van der Waals surface area contributed by atoms with E-state index in [0.717, 1.165) is 17.7 Å². The van der Waals surface area contributed by atoms with E-state index >= 15 is 0 Å². The lowest BCUT2D eigenvalue weighted by Gasteiger charge is -2.33. The maximum absolute atomic E-state index is 12.4. The average Bonchev–Trinajstić information content (AvgIpc) is 3.05. The molecule has 6 heteroatoms. The van der Waals surface area contributed by atoms with Gasteiger partial charge in [-0.1, -0.05) is 36.3 Å². The van der Waals surface area contributed by atoms with Gasteiger partial charge in [-0.3, -0.25) is 0 Å². The Balaban J connectivity index is 1.56. The highest BCUT2D eigenvalue weighted by Crippen LogP contribution is 2.22. The smallest absolute Gasteiger partial charge is 0.317 e. The fourth-order valence-corrected chi connectivity index (χ4v) is 2.78. The van der Waals surface area contributed by atoms with Crippen molar-refractivity contribution in [3.05, 3.63) is 52.9 Å². The molecule has 1 aromatic heterocycles. The van der Waals surface area contributed by atoms with Crippen molar-refractivity contribution in [3.63, 3.8) is 0 Å². The van der Waals surface area contributed by atoms with Crippen LogP contribution in [0, 0.1) is 6.92 Å². The highest BCUT2D eigenvalue weighted by Gasteiger charge is 2.25. The van der Waals surface area contributed by atoms with E-state index in [0.29, 0.717) is 32.0 Å². The summed E-state index contributed by atoms with van der Waals surface area (Å²) < 4.78 is 10.9. The number of rotatable bonds is 4. The largest absolute Gasteiger partial charge is 0.370 e. The fraction of sp³-hybridized carbons (Fsp3) is 0.444. The molecule has 1 aliphatic rings. The molecule has 6 nitrogen and oxygen atoms in total. The Morgan fingerprint density at radius 2 is 2.17 bits per heavy atom. The number of hydrogen-bond acceptors (Lipinski definition) is 4. The first-order chi connectivity index (χ1) is 11.7. The molecular weight excluding hydrogens is 306 g/mol. The number of aryl methyl sites for hydroxylation is 2. The molecule has 1 N–H and O–H groups in total. The molecule has 0 spiro atoms. The highest BCUT2D eigenvalue weighted by atomic mass is 16.5. The summed E-state index contributed by atoms with van der Waals surface area (Å²) >= 11 is 0. The van der Waals surface area contributed by atoms with Crippen LogP contribution in [-0.2, 0) is 17.7 Å². The number of urea groups is 1. The quantitative estimate of drug-likeness (QED) is 0.936. The maximum atomic E-state index is 12.4. The molecule has 3 rings (SSSR count). The van der Waals surface area contributed by atoms with Crippen molar-refractivity contribution in [3.8, 4) is 0 Å². The van der Waals surface area contributed by atoms with Crippen molar-refractivity contribution in [1.82, 2.24) is 15.4 Å². The molecule has 0 radical (unpaired) electrons. The molecule has 2 heterocycles. The third-order valence-corrected chi connectivity index (χ3v) is 4.20. The van der Waals surface area contributed by atoms with E-state index in [9.17, 15) is 4.79 Å². The number of carbonyl (C=O) groups is 1. The third kappa shape index (κ3) is 3.94. The molecule has 2 amide bonds. The van der Waals surface area contributed by atoms with Crippen molar-refractivity contribution < 1.29 is 14.1 Å². The van der Waals surface area contributed by atoms with Crippen LogP contribution in [0.1, 0.15) is 35.6 Å². The van der Waals surface area contributed by atoms with Gasteiger partial charge in [0.2, 0.25) is 0 Å². The number of aromatic nitrogens is 1. The van der Waals surface area contributed by atoms with Crippen LogP contribution in [0.3, 0.4) is 0 Å². The van der Waals surface area contributed by atoms with E-state index in [-0.39, 0.29) is 12.1 Å². The number of hydrogen-bond donors (Lipinski definition) is 1. The summed E-state index contributed by atoms with van der Waals surface area (Å²) in [6.45, 7) is 6.00. The first-order valence-electron chi connectivity index (χ1n) is 8.31. The van der Waals surface area contributed by atoms with Gasteiger partial charge in [-0.05, 0) is 24.5 Å². The topological polar surface area (TPSA) is 67.6 Å². The number of amides is 2. The fourth-order valence-electron chi connectivity index (χ4n) is 2.78. The second kappa shape index (κ2) is 7.49. The van der Waals surface area contributed by atoms with E-state index in [1.807, 2.05) is 13.0 Å². The standard InChI is InChI=1S/C18H23N3O3/c1-3-14-4-6-15(7-5-14)17-12-21(8-9-23-17)18(22)19-11-16-10-13(2)20-24-16/h4-7,10,17H,3,8-9,11-12H2,1-2H3,(H,19,22). The van der Waals surface area contributed by atoms with Crippen LogP contribution in [0.5, 0.6) is 0 Å². The summed E-state index contributed by atoms with van der Waals surface area (Å²) in [6.07, 6.45) is 0.935. The normalized spacial score (nSPS) is 17.8. The molecule has 0 aliphatic carbocycles. The number of nitrogens with one attached hydrogen (secondary N) is 1. The zero-order valence-electron chi connectivity index (χ0n) is 14.1. The first kappa shape index (κ1) is 16.5. The van der Waals surface area contributed by atoms with Gasteiger partial charge in [0.25, 0.3) is 0 Å². The number of morpholine rings is 1. The molecule has 1 aliphatic heterocycles. The van der Waals surface area contributed by atoms with Gasteiger partial charge in [0.15, 0.2) is 5.76 Å². The number of nitrogens with zero attached hydrogens (tertiary/aromatic N) is 2. The van der Waals surface area contributed by atoms with Gasteiger partial charge in [0.05, 0.1) is 25.4 Å². The molecule has 128 valence electrons. The molecule has 0 bridgehead atoms. The Kier molecular flexibility index (Phi) is 5.15. The Morgan fingerprint density at radius 3 is 2.83 bits per heavy atom. The van der Waals surface area contributed by atoms with Gasteiger partial charge >= 0.3 is 6.03 Å². The van der Waals surface area contributed by atoms with Crippen LogP contribution in [0.2, 0.25) is 0 Å². The van der Waals surface area contributed by atoms with Gasteiger partial charge in [-0.2, -0.15) is 0 Å². The van der Waals surface area contributed by atoms with E-state index in [2.05, 4.69) is 41.7 Å². The lowest BCUT2D eigenvalue weighted by molar-refractivity contribution is -0.0155. The first-order valence-corrected chi connectivity index (χ1v) is 8.31. The average molecular weight is 329 g/mol. The van der Waals surface area contributed by atoms with E-state index in [1.54, 1.807) is 4.90 Å². The van der Waals surface area contributed by atoms with E-state index < -0.39 is 0 Å². The molecule has 1 saturated heterocycles. The molecule has 0 saturated carbocycles. The molecular formula is C18H23N3O3. The highest BCUT2D eigenvalue weighted by molar-refractivity contribution is 5.74. The maximum Gasteiger partial charge on any atom is 0.317 e. The Hall–Kier alpha value is -2.34. The minimum atomic E-state index is -0.109. The van der Waals surface area contributed by atoms with Crippen LogP contribution >= 0.6 is 0 Å². The van der Waals surface area contributed by atoms with Gasteiger partial charge in [0, 0.05) is 12.6 Å². The minimum absolute atomic E-state index is 0.0806. The summed E-state index contributed by atoms with van der Waals surface area (Å²) in [7, 11) is 0. The number of benzene rings is 1. The van der Waals surface area contributed by atoms with Crippen LogP contribution in [0.4, 0.5) is 4.79 Å². The van der Waals surface area contributed by atoms with Crippen molar-refractivity contribution in [2.24, 2.45) is 0 Å². The minimum Gasteiger partial charge on any atom is -0.370 e. The van der Waals surface area contributed by atoms with Gasteiger partial charge in [-0.25, -0.2) is 4.79 Å². The van der Waals surface area contributed by atoms with E-state index in [4.69, 9.17) is 9.26 Å². The predicted octanol–water partition coefficient (Wildman–Crippen LogP) is 2.83. The molecule has 1 atom stereocenters. The van der Waals surface area contributed by atoms with Crippen molar-refractivity contribution in [2.75, 3.05) is 19.7 Å². The van der Waals surface area contributed by atoms with Crippen molar-refractivity contribution in [2.45, 2.75) is 32.9 Å². The zero-order valence-corrected chi connectivity index (χ0v) is 14.1. The van der Waals surface area contributed by atoms with Gasteiger partial charge in [-0.15, -0.1) is 0 Å². The molecule has 1 aromatic carbocycles. The zero-order chi connectivity index (χ0) is 16.9. The molecule has 1 fully saturated rings. The van der Waals surface area contributed by atoms with E-state index in [1.165, 1.54) is 5.56 Å². The second-order valence-electron chi connectivity index (χ2n) is 5.99. The number of carbonyl (C=O) groups excluding carboxylic acids is 1. The van der Waals surface area contributed by atoms with Crippen molar-refractivity contribution >= 4 is 6.03 Å². The molecule has 24 heavy (non-hydrogen) atoms. The van der Waals surface area contributed by atoms with Crippen LogP contribution < -0.4 is 5.32 Å². The van der Waals surface area contributed by atoms with Crippen LogP contribution in [0.25, 0.3) is 0 Å². The van der Waals surface area contributed by atoms with Crippen LogP contribution in [-0.4, -0.2) is 35.8 Å². The Morgan fingerprint density at radius 1 is 1.38 bits per heavy atom. The summed E-state index contributed by atoms with van der Waals surface area (Å²) in [6, 6.07) is 10.1. The summed E-state index contributed by atoms with van der Waals surface area (Å²) in [5.41, 5.74) is 3.21. The van der Waals surface area contributed by atoms with Gasteiger partial charge in [0.1, 0.15) is 6.10 Å². The second-order valence-corrected chi connectivity index (χ2v) is 5.99. The lowest BCUT2D eigenvalue weighted by Crippen LogP contribution is -2.46. The summed E-state index contributed by atoms with van der Waals surface area (Å²) in [5.74, 6) is 0.654. The molecule has 1 unspecified atom stereocenters. The Labute approximate surface area is 141 Å². The summed E-state index contributed by atoms with van der Waals surface area (Å²) in [5, 5.41) is 6.68. The number of ether oxygens (including phenoxy) is 1. The predicted molar refractivity (Wildman–Crippen MR) is 89.6 cm³/mol. The third-order valence-electron chi connectivity index (χ3n) is 4.20. The summed E-state index contributed by atoms with van der Waals surface area (Å²) in [4.78, 5) is 14.1. The van der Waals surface area contributed by atoms with Gasteiger partial charge < -0.3 is 19.5 Å². The monoisotopic (exact) mass is 329 g/mol. The molecule has 2 aromatic rings. The van der Waals surface area contributed by atoms with Crippen LogP contribution in [0.15, 0.2) is 34.9 Å². The Bertz CT molecular complexity index is 681. The van der Waals surface area contributed by atoms with Crippen molar-refractivity contribution in [1.29, 1.82) is 0 Å². The lowest BCUT2D eigenvalue weighted by atomic mass is 10.0.